The van der Waals surface area contributed by atoms with Gasteiger partial charge in [0.2, 0.25) is 5.91 Å². The average molecular weight is 312 g/mol. The van der Waals surface area contributed by atoms with E-state index in [1.165, 1.54) is 19.1 Å². The number of amides is 2. The lowest BCUT2D eigenvalue weighted by Gasteiger charge is -2.09. The number of aromatic nitrogens is 2. The van der Waals surface area contributed by atoms with Crippen LogP contribution in [0.25, 0.3) is 0 Å². The van der Waals surface area contributed by atoms with Crippen LogP contribution < -0.4 is 10.6 Å². The summed E-state index contributed by atoms with van der Waals surface area (Å²) in [5.41, 5.74) is -1.18. The molecule has 1 heterocycles. The summed E-state index contributed by atoms with van der Waals surface area (Å²) in [7, 11) is 0. The number of nitrogens with zero attached hydrogens (tertiary/aromatic N) is 1. The first kappa shape index (κ1) is 15.5. The molecule has 0 spiro atoms. The van der Waals surface area contributed by atoms with Crippen LogP contribution in [0.3, 0.4) is 0 Å². The highest BCUT2D eigenvalue weighted by Gasteiger charge is 2.37. The summed E-state index contributed by atoms with van der Waals surface area (Å²) >= 11 is 0. The van der Waals surface area contributed by atoms with E-state index in [2.05, 4.69) is 15.7 Å². The van der Waals surface area contributed by atoms with Gasteiger partial charge in [0, 0.05) is 18.3 Å². The first-order valence-corrected chi connectivity index (χ1v) is 6.07. The second-order valence-corrected chi connectivity index (χ2v) is 4.37. The molecule has 9 heteroatoms. The number of carbonyl (C=O) groups excluding carboxylic acids is 2. The molecule has 0 aliphatic rings. The number of halogens is 3. The van der Waals surface area contributed by atoms with Gasteiger partial charge in [-0.15, -0.1) is 0 Å². The van der Waals surface area contributed by atoms with Crippen molar-refractivity contribution in [3.8, 4) is 0 Å². The highest BCUT2D eigenvalue weighted by Crippen LogP contribution is 2.30. The number of nitrogens with one attached hydrogen (secondary N) is 3. The Morgan fingerprint density at radius 1 is 1.18 bits per heavy atom. The number of hydrogen-bond acceptors (Lipinski definition) is 3. The molecule has 0 atom stereocenters. The molecule has 0 saturated heterocycles. The zero-order chi connectivity index (χ0) is 16.3. The van der Waals surface area contributed by atoms with Crippen molar-refractivity contribution in [3.05, 3.63) is 41.7 Å². The fourth-order valence-electron chi connectivity index (χ4n) is 1.75. The van der Waals surface area contributed by atoms with E-state index in [9.17, 15) is 22.8 Å². The predicted octanol–water partition coefficient (Wildman–Crippen LogP) is 2.64. The Bertz CT molecular complexity index is 709. The highest BCUT2D eigenvalue weighted by atomic mass is 19.4. The van der Waals surface area contributed by atoms with Crippen molar-refractivity contribution in [1.29, 1.82) is 0 Å². The van der Waals surface area contributed by atoms with Crippen LogP contribution in [0.5, 0.6) is 0 Å². The fourth-order valence-corrected chi connectivity index (χ4v) is 1.75. The van der Waals surface area contributed by atoms with Crippen molar-refractivity contribution in [2.45, 2.75) is 13.1 Å². The van der Waals surface area contributed by atoms with Gasteiger partial charge in [-0.05, 0) is 18.2 Å². The Balaban J connectivity index is 2.19. The van der Waals surface area contributed by atoms with Gasteiger partial charge in [-0.1, -0.05) is 6.07 Å². The van der Waals surface area contributed by atoms with Gasteiger partial charge >= 0.3 is 6.18 Å². The van der Waals surface area contributed by atoms with Gasteiger partial charge in [-0.25, -0.2) is 0 Å². The molecule has 22 heavy (non-hydrogen) atoms. The van der Waals surface area contributed by atoms with Crippen LogP contribution in [-0.4, -0.2) is 22.0 Å². The molecule has 0 fully saturated rings. The Hall–Kier alpha value is -2.84. The van der Waals surface area contributed by atoms with E-state index in [1.807, 2.05) is 0 Å². The first-order chi connectivity index (χ1) is 10.3. The molecule has 6 nitrogen and oxygen atoms in total. The van der Waals surface area contributed by atoms with E-state index in [0.29, 0.717) is 5.69 Å². The number of aromatic amines is 1. The van der Waals surface area contributed by atoms with Crippen molar-refractivity contribution in [2.24, 2.45) is 0 Å². The van der Waals surface area contributed by atoms with Crippen LogP contribution >= 0.6 is 0 Å². The van der Waals surface area contributed by atoms with E-state index in [1.54, 1.807) is 17.2 Å². The normalized spacial score (nSPS) is 11.1. The Morgan fingerprint density at radius 2 is 1.82 bits per heavy atom. The van der Waals surface area contributed by atoms with Gasteiger partial charge < -0.3 is 10.6 Å². The maximum Gasteiger partial charge on any atom is 0.433 e. The molecule has 0 aliphatic carbocycles. The summed E-state index contributed by atoms with van der Waals surface area (Å²) < 4.78 is 38.1. The second kappa shape index (κ2) is 5.88. The Morgan fingerprint density at radius 3 is 2.41 bits per heavy atom. The summed E-state index contributed by atoms with van der Waals surface area (Å²) in [5, 5.41) is 9.82. The molecule has 3 N–H and O–H groups in total. The third-order valence-corrected chi connectivity index (χ3v) is 2.61. The highest BCUT2D eigenvalue weighted by molar-refractivity contribution is 6.05. The lowest BCUT2D eigenvalue weighted by atomic mass is 10.2. The molecule has 0 unspecified atom stereocenters. The molecule has 0 aliphatic heterocycles. The summed E-state index contributed by atoms with van der Waals surface area (Å²) in [6.45, 7) is 1.31. The van der Waals surface area contributed by atoms with Crippen LogP contribution in [0.2, 0.25) is 0 Å². The summed E-state index contributed by atoms with van der Waals surface area (Å²) in [6.07, 6.45) is -3.91. The second-order valence-electron chi connectivity index (χ2n) is 4.37. The van der Waals surface area contributed by atoms with Crippen LogP contribution in [-0.2, 0) is 11.0 Å². The van der Waals surface area contributed by atoms with Crippen molar-refractivity contribution >= 4 is 23.2 Å². The smallest absolute Gasteiger partial charge is 0.326 e. The van der Waals surface area contributed by atoms with Crippen LogP contribution in [0.4, 0.5) is 24.5 Å². The number of H-pyrrole nitrogens is 1. The maximum absolute atomic E-state index is 12.7. The third-order valence-electron chi connectivity index (χ3n) is 2.61. The van der Waals surface area contributed by atoms with Gasteiger partial charge in [-0.2, -0.15) is 18.3 Å². The molecule has 0 saturated carbocycles. The molecule has 116 valence electrons. The van der Waals surface area contributed by atoms with E-state index in [4.69, 9.17) is 0 Å². The molecular formula is C13H11F3N4O2. The van der Waals surface area contributed by atoms with Crippen molar-refractivity contribution in [1.82, 2.24) is 10.2 Å². The Kier molecular flexibility index (Phi) is 4.15. The van der Waals surface area contributed by atoms with E-state index < -0.39 is 23.3 Å². The topological polar surface area (TPSA) is 86.9 Å². The summed E-state index contributed by atoms with van der Waals surface area (Å²) in [4.78, 5) is 22.9. The molecule has 1 aromatic carbocycles. The molecule has 0 radical (unpaired) electrons. The van der Waals surface area contributed by atoms with E-state index in [-0.39, 0.29) is 11.6 Å². The number of alkyl halides is 3. The van der Waals surface area contributed by atoms with Crippen molar-refractivity contribution in [3.63, 3.8) is 0 Å². The number of anilines is 2. The molecule has 2 rings (SSSR count). The molecule has 1 aromatic heterocycles. The predicted molar refractivity (Wildman–Crippen MR) is 72.3 cm³/mol. The minimum Gasteiger partial charge on any atom is -0.326 e. The number of rotatable bonds is 3. The van der Waals surface area contributed by atoms with Gasteiger partial charge in [0.05, 0.1) is 11.8 Å². The van der Waals surface area contributed by atoms with Gasteiger partial charge in [0.15, 0.2) is 5.69 Å². The monoisotopic (exact) mass is 312 g/mol. The largest absolute Gasteiger partial charge is 0.433 e. The number of benzene rings is 1. The third kappa shape index (κ3) is 3.62. The lowest BCUT2D eigenvalue weighted by Crippen LogP contribution is -2.18. The average Bonchev–Trinajstić information content (AvgIpc) is 2.87. The van der Waals surface area contributed by atoms with Crippen LogP contribution in [0, 0.1) is 0 Å². The SMILES string of the molecule is CC(=O)Nc1cccc(NC(=O)c2cn[nH]c2C(F)(F)F)c1. The molecular weight excluding hydrogens is 301 g/mol. The zero-order valence-electron chi connectivity index (χ0n) is 11.3. The van der Waals surface area contributed by atoms with Crippen LogP contribution in [0.1, 0.15) is 23.0 Å². The van der Waals surface area contributed by atoms with Gasteiger partial charge in [-0.3, -0.25) is 14.7 Å². The van der Waals surface area contributed by atoms with Gasteiger partial charge in [0.25, 0.3) is 5.91 Å². The molecule has 2 aromatic rings. The summed E-state index contributed by atoms with van der Waals surface area (Å²) in [6, 6.07) is 6.03. The molecule has 2 amide bonds. The standard InChI is InChI=1S/C13H11F3N4O2/c1-7(21)18-8-3-2-4-9(5-8)19-12(22)10-6-17-20-11(10)13(14,15)16/h2-6H,1H3,(H,17,20)(H,18,21)(H,19,22). The number of hydrogen-bond donors (Lipinski definition) is 3. The lowest BCUT2D eigenvalue weighted by molar-refractivity contribution is -0.141. The minimum absolute atomic E-state index is 0.241. The minimum atomic E-state index is -4.71. The van der Waals surface area contributed by atoms with E-state index in [0.717, 1.165) is 6.20 Å². The zero-order valence-corrected chi connectivity index (χ0v) is 11.3. The first-order valence-electron chi connectivity index (χ1n) is 6.07. The van der Waals surface area contributed by atoms with Gasteiger partial charge in [0.1, 0.15) is 0 Å². The summed E-state index contributed by atoms with van der Waals surface area (Å²) in [5.74, 6) is -1.27. The Labute approximate surface area is 122 Å². The fraction of sp³-hybridized carbons (Fsp3) is 0.154. The van der Waals surface area contributed by atoms with Crippen molar-refractivity contribution < 1.29 is 22.8 Å². The maximum atomic E-state index is 12.7. The number of carbonyl (C=O) groups is 2. The van der Waals surface area contributed by atoms with Crippen LogP contribution in [0.15, 0.2) is 30.5 Å². The molecule has 0 bridgehead atoms. The van der Waals surface area contributed by atoms with Crippen molar-refractivity contribution in [2.75, 3.05) is 10.6 Å². The quantitative estimate of drug-likeness (QED) is 0.814. The van der Waals surface area contributed by atoms with E-state index >= 15 is 0 Å².